The normalized spacial score (nSPS) is 19.8. The third-order valence-corrected chi connectivity index (χ3v) is 5.11. The second-order valence-corrected chi connectivity index (χ2v) is 7.27. The molecule has 0 aliphatic carbocycles. The Hall–Kier alpha value is -2.37. The maximum Gasteiger partial charge on any atom is 0.292 e. The van der Waals surface area contributed by atoms with E-state index in [1.165, 1.54) is 0 Å². The van der Waals surface area contributed by atoms with E-state index in [1.54, 1.807) is 6.20 Å². The molecular formula is C19H24N4O2. The first kappa shape index (κ1) is 16.1. The molecule has 2 aliphatic heterocycles. The molecule has 1 fully saturated rings. The van der Waals surface area contributed by atoms with E-state index in [2.05, 4.69) is 20.9 Å². The Kier molecular flexibility index (Phi) is 3.98. The van der Waals surface area contributed by atoms with Crippen LogP contribution in [0.2, 0.25) is 0 Å². The topological polar surface area (TPSA) is 62.5 Å². The Morgan fingerprint density at radius 1 is 1.40 bits per heavy atom. The fourth-order valence-electron chi connectivity index (χ4n) is 3.82. The summed E-state index contributed by atoms with van der Waals surface area (Å²) in [4.78, 5) is 26.4. The van der Waals surface area contributed by atoms with Gasteiger partial charge in [0.1, 0.15) is 0 Å². The van der Waals surface area contributed by atoms with Crippen LogP contribution in [0, 0.1) is 6.92 Å². The number of amides is 1. The minimum absolute atomic E-state index is 0.0812. The van der Waals surface area contributed by atoms with Gasteiger partial charge in [-0.15, -0.1) is 0 Å². The highest BCUT2D eigenvalue weighted by Gasteiger charge is 2.35. The van der Waals surface area contributed by atoms with Gasteiger partial charge in [0.25, 0.3) is 5.91 Å². The van der Waals surface area contributed by atoms with E-state index in [1.807, 2.05) is 31.7 Å². The van der Waals surface area contributed by atoms with E-state index in [0.29, 0.717) is 36.5 Å². The highest BCUT2D eigenvalue weighted by molar-refractivity contribution is 5.92. The summed E-state index contributed by atoms with van der Waals surface area (Å²) in [6, 6.07) is 4.44. The van der Waals surface area contributed by atoms with Crippen LogP contribution in [-0.4, -0.2) is 39.9 Å². The number of carbonyl (C=O) groups is 1. The SMILES string of the molecule is Cc1nc(C(C)C)oc1C(=O)N1Cc2ncccc2N2CCC[C@H]2C1. The Labute approximate surface area is 147 Å². The smallest absolute Gasteiger partial charge is 0.292 e. The first-order valence-corrected chi connectivity index (χ1v) is 9.01. The molecule has 132 valence electrons. The van der Waals surface area contributed by atoms with Crippen LogP contribution in [0.3, 0.4) is 0 Å². The highest BCUT2D eigenvalue weighted by Crippen LogP contribution is 2.32. The Balaban J connectivity index is 1.68. The van der Waals surface area contributed by atoms with E-state index in [4.69, 9.17) is 4.42 Å². The van der Waals surface area contributed by atoms with E-state index in [-0.39, 0.29) is 11.8 Å². The predicted molar refractivity (Wildman–Crippen MR) is 94.7 cm³/mol. The Morgan fingerprint density at radius 3 is 3.00 bits per heavy atom. The summed E-state index contributed by atoms with van der Waals surface area (Å²) in [6.07, 6.45) is 4.05. The maximum absolute atomic E-state index is 13.2. The molecule has 0 saturated carbocycles. The van der Waals surface area contributed by atoms with Crippen molar-refractivity contribution in [3.05, 3.63) is 41.4 Å². The number of carbonyl (C=O) groups excluding carboxylic acids is 1. The quantitative estimate of drug-likeness (QED) is 0.840. The van der Waals surface area contributed by atoms with Crippen molar-refractivity contribution in [3.8, 4) is 0 Å². The molecule has 2 aromatic rings. The number of anilines is 1. The summed E-state index contributed by atoms with van der Waals surface area (Å²) in [5, 5.41) is 0. The molecule has 4 heterocycles. The number of pyridine rings is 1. The number of oxazole rings is 1. The molecule has 0 spiro atoms. The largest absolute Gasteiger partial charge is 0.435 e. The number of hydrogen-bond acceptors (Lipinski definition) is 5. The monoisotopic (exact) mass is 340 g/mol. The lowest BCUT2D eigenvalue weighted by molar-refractivity contribution is 0.0700. The molecule has 0 N–H and O–H groups in total. The summed E-state index contributed by atoms with van der Waals surface area (Å²) in [6.45, 7) is 8.12. The molecule has 0 bridgehead atoms. The molecule has 0 unspecified atom stereocenters. The highest BCUT2D eigenvalue weighted by atomic mass is 16.4. The number of rotatable bonds is 2. The van der Waals surface area contributed by atoms with Crippen LogP contribution < -0.4 is 4.90 Å². The molecule has 6 nitrogen and oxygen atoms in total. The van der Waals surface area contributed by atoms with Crippen LogP contribution in [-0.2, 0) is 6.54 Å². The number of fused-ring (bicyclic) bond motifs is 3. The summed E-state index contributed by atoms with van der Waals surface area (Å²) in [7, 11) is 0. The molecule has 1 saturated heterocycles. The molecule has 25 heavy (non-hydrogen) atoms. The van der Waals surface area contributed by atoms with Crippen LogP contribution in [0.1, 0.15) is 60.4 Å². The van der Waals surface area contributed by atoms with Gasteiger partial charge >= 0.3 is 0 Å². The van der Waals surface area contributed by atoms with Gasteiger partial charge in [0.2, 0.25) is 5.76 Å². The molecule has 1 atom stereocenters. The van der Waals surface area contributed by atoms with Crippen LogP contribution in [0.5, 0.6) is 0 Å². The van der Waals surface area contributed by atoms with Crippen molar-refractivity contribution < 1.29 is 9.21 Å². The molecule has 2 aliphatic rings. The van der Waals surface area contributed by atoms with Gasteiger partial charge in [0.05, 0.1) is 23.6 Å². The summed E-state index contributed by atoms with van der Waals surface area (Å²) in [5.41, 5.74) is 2.79. The van der Waals surface area contributed by atoms with Crippen LogP contribution in [0.25, 0.3) is 0 Å². The molecule has 0 aromatic carbocycles. The van der Waals surface area contributed by atoms with Crippen molar-refractivity contribution in [2.45, 2.75) is 52.1 Å². The summed E-state index contributed by atoms with van der Waals surface area (Å²) < 4.78 is 5.79. The van der Waals surface area contributed by atoms with Crippen molar-refractivity contribution in [2.75, 3.05) is 18.0 Å². The zero-order chi connectivity index (χ0) is 17.6. The first-order valence-electron chi connectivity index (χ1n) is 9.01. The molecule has 6 heteroatoms. The van der Waals surface area contributed by atoms with Crippen LogP contribution in [0.4, 0.5) is 5.69 Å². The Bertz CT molecular complexity index is 798. The minimum Gasteiger partial charge on any atom is -0.435 e. The van der Waals surface area contributed by atoms with Gasteiger partial charge in [-0.2, -0.15) is 0 Å². The van der Waals surface area contributed by atoms with E-state index >= 15 is 0 Å². The van der Waals surface area contributed by atoms with E-state index < -0.39 is 0 Å². The zero-order valence-electron chi connectivity index (χ0n) is 15.0. The van der Waals surface area contributed by atoms with Crippen molar-refractivity contribution in [3.63, 3.8) is 0 Å². The van der Waals surface area contributed by atoms with Crippen molar-refractivity contribution >= 4 is 11.6 Å². The van der Waals surface area contributed by atoms with Crippen molar-refractivity contribution in [2.24, 2.45) is 0 Å². The standard InChI is InChI=1S/C19H24N4O2/c1-12(2)18-21-13(3)17(25-18)19(24)22-10-14-6-5-9-23(14)16-7-4-8-20-15(16)11-22/h4,7-8,12,14H,5-6,9-11H2,1-3H3/t14-/m0/s1. The second-order valence-electron chi connectivity index (χ2n) is 7.27. The molecule has 1 amide bonds. The van der Waals surface area contributed by atoms with E-state index in [0.717, 1.165) is 30.8 Å². The minimum atomic E-state index is -0.0812. The lowest BCUT2D eigenvalue weighted by Crippen LogP contribution is -2.40. The number of hydrogen-bond donors (Lipinski definition) is 0. The Morgan fingerprint density at radius 2 is 2.24 bits per heavy atom. The lowest BCUT2D eigenvalue weighted by atomic mass is 10.2. The number of aryl methyl sites for hydroxylation is 1. The van der Waals surface area contributed by atoms with E-state index in [9.17, 15) is 4.79 Å². The van der Waals surface area contributed by atoms with Gasteiger partial charge in [-0.3, -0.25) is 9.78 Å². The van der Waals surface area contributed by atoms with Gasteiger partial charge in [0, 0.05) is 31.2 Å². The van der Waals surface area contributed by atoms with Crippen molar-refractivity contribution in [1.82, 2.24) is 14.9 Å². The summed E-state index contributed by atoms with van der Waals surface area (Å²) in [5.74, 6) is 1.07. The average molecular weight is 340 g/mol. The second kappa shape index (κ2) is 6.17. The summed E-state index contributed by atoms with van der Waals surface area (Å²) >= 11 is 0. The van der Waals surface area contributed by atoms with Gasteiger partial charge in [-0.05, 0) is 31.9 Å². The van der Waals surface area contributed by atoms with Crippen LogP contribution >= 0.6 is 0 Å². The first-order chi connectivity index (χ1) is 12.0. The number of nitrogens with zero attached hydrogens (tertiary/aromatic N) is 4. The zero-order valence-corrected chi connectivity index (χ0v) is 15.0. The predicted octanol–water partition coefficient (Wildman–Crippen LogP) is 3.13. The molecule has 0 radical (unpaired) electrons. The van der Waals surface area contributed by atoms with Gasteiger partial charge in [0.15, 0.2) is 5.89 Å². The van der Waals surface area contributed by atoms with Gasteiger partial charge < -0.3 is 14.2 Å². The van der Waals surface area contributed by atoms with Gasteiger partial charge in [-0.25, -0.2) is 4.98 Å². The third kappa shape index (κ3) is 2.79. The maximum atomic E-state index is 13.2. The third-order valence-electron chi connectivity index (χ3n) is 5.11. The fraction of sp³-hybridized carbons (Fsp3) is 0.526. The molecular weight excluding hydrogens is 316 g/mol. The molecule has 2 aromatic heterocycles. The number of aromatic nitrogens is 2. The molecule has 4 rings (SSSR count). The lowest BCUT2D eigenvalue weighted by Gasteiger charge is -2.27. The van der Waals surface area contributed by atoms with Crippen LogP contribution in [0.15, 0.2) is 22.7 Å². The van der Waals surface area contributed by atoms with Gasteiger partial charge in [-0.1, -0.05) is 13.8 Å². The van der Waals surface area contributed by atoms with Crippen molar-refractivity contribution in [1.29, 1.82) is 0 Å². The fourth-order valence-corrected chi connectivity index (χ4v) is 3.82. The average Bonchev–Trinajstić information content (AvgIpc) is 3.17.